The molecule has 1 N–H and O–H groups in total. The summed E-state index contributed by atoms with van der Waals surface area (Å²) in [5.41, 5.74) is 3.38. The van der Waals surface area contributed by atoms with Gasteiger partial charge in [-0.25, -0.2) is 10.4 Å². The molecule has 0 atom stereocenters. The Labute approximate surface area is 180 Å². The topological polar surface area (TPSA) is 89.5 Å². The summed E-state index contributed by atoms with van der Waals surface area (Å²) in [6, 6.07) is 17.4. The zero-order chi connectivity index (χ0) is 20.9. The summed E-state index contributed by atoms with van der Waals surface area (Å²) in [5.74, 6) is 0.206. The molecule has 4 aromatic rings. The number of furan rings is 1. The Hall–Kier alpha value is -3.36. The Morgan fingerprint density at radius 1 is 1.17 bits per heavy atom. The number of benzene rings is 2. The Bertz CT molecular complexity index is 1270. The molecule has 0 aliphatic heterocycles. The highest BCUT2D eigenvalue weighted by molar-refractivity contribution is 7.99. The second-order valence-corrected chi connectivity index (χ2v) is 7.50. The maximum Gasteiger partial charge on any atom is 0.266 e. The number of halogens is 1. The first-order valence-electron chi connectivity index (χ1n) is 8.88. The molecule has 30 heavy (non-hydrogen) atoms. The largest absolute Gasteiger partial charge is 0.463 e. The van der Waals surface area contributed by atoms with Gasteiger partial charge in [-0.3, -0.25) is 14.2 Å². The molecule has 0 radical (unpaired) electrons. The van der Waals surface area contributed by atoms with Crippen LogP contribution < -0.4 is 11.0 Å². The predicted octanol–water partition coefficient (Wildman–Crippen LogP) is 3.87. The van der Waals surface area contributed by atoms with Gasteiger partial charge in [0.1, 0.15) is 5.76 Å². The van der Waals surface area contributed by atoms with Gasteiger partial charge in [0.15, 0.2) is 5.16 Å². The van der Waals surface area contributed by atoms with Crippen molar-refractivity contribution in [1.82, 2.24) is 15.0 Å². The first-order valence-corrected chi connectivity index (χ1v) is 10.2. The highest BCUT2D eigenvalue weighted by atomic mass is 35.5. The molecular weight excluding hydrogens is 424 g/mol. The smallest absolute Gasteiger partial charge is 0.266 e. The molecule has 1 amide bonds. The number of nitrogens with zero attached hydrogens (tertiary/aromatic N) is 3. The Morgan fingerprint density at radius 2 is 1.97 bits per heavy atom. The highest BCUT2D eigenvalue weighted by Gasteiger charge is 2.14. The molecule has 0 unspecified atom stereocenters. The summed E-state index contributed by atoms with van der Waals surface area (Å²) in [6.07, 6.45) is 2.92. The van der Waals surface area contributed by atoms with E-state index in [1.54, 1.807) is 54.6 Å². The molecule has 7 nitrogen and oxygen atoms in total. The van der Waals surface area contributed by atoms with Crippen molar-refractivity contribution in [3.05, 3.63) is 88.1 Å². The molecule has 0 aliphatic rings. The van der Waals surface area contributed by atoms with Crippen LogP contribution in [0.4, 0.5) is 0 Å². The van der Waals surface area contributed by atoms with Crippen LogP contribution in [-0.2, 0) is 4.79 Å². The van der Waals surface area contributed by atoms with Crippen LogP contribution in [0.2, 0.25) is 5.02 Å². The monoisotopic (exact) mass is 438 g/mol. The van der Waals surface area contributed by atoms with Crippen molar-refractivity contribution >= 4 is 46.4 Å². The number of carbonyl (C=O) groups is 1. The first-order chi connectivity index (χ1) is 14.6. The van der Waals surface area contributed by atoms with Gasteiger partial charge in [-0.15, -0.1) is 0 Å². The standard InChI is InChI=1S/C21H15ClN4O3S/c22-14-7-9-15(10-8-14)26-20(28)17-5-1-2-6-18(17)24-21(26)30-13-19(27)25-23-12-16-4-3-11-29-16/h1-12H,13H2,(H,25,27)/b23-12+. The lowest BCUT2D eigenvalue weighted by atomic mass is 10.2. The summed E-state index contributed by atoms with van der Waals surface area (Å²) in [4.78, 5) is 29.9. The number of para-hydroxylation sites is 1. The van der Waals surface area contributed by atoms with Gasteiger partial charge in [-0.2, -0.15) is 5.10 Å². The van der Waals surface area contributed by atoms with Gasteiger partial charge in [-0.05, 0) is 48.5 Å². The Morgan fingerprint density at radius 3 is 2.73 bits per heavy atom. The Balaban J connectivity index is 1.60. The van der Waals surface area contributed by atoms with Crippen molar-refractivity contribution in [2.45, 2.75) is 5.16 Å². The van der Waals surface area contributed by atoms with Gasteiger partial charge in [-0.1, -0.05) is 35.5 Å². The SMILES string of the molecule is O=C(CSc1nc2ccccc2c(=O)n1-c1ccc(Cl)cc1)N/N=C/c1ccco1. The van der Waals surface area contributed by atoms with E-state index >= 15 is 0 Å². The fourth-order valence-electron chi connectivity index (χ4n) is 2.72. The lowest BCUT2D eigenvalue weighted by Crippen LogP contribution is -2.24. The number of nitrogens with one attached hydrogen (secondary N) is 1. The zero-order valence-corrected chi connectivity index (χ0v) is 17.1. The minimum absolute atomic E-state index is 0.0217. The second kappa shape index (κ2) is 8.98. The molecule has 0 saturated carbocycles. The van der Waals surface area contributed by atoms with Crippen molar-refractivity contribution in [3.8, 4) is 5.69 Å². The first kappa shape index (κ1) is 19.9. The van der Waals surface area contributed by atoms with Gasteiger partial charge >= 0.3 is 0 Å². The van der Waals surface area contributed by atoms with E-state index in [0.717, 1.165) is 11.8 Å². The lowest BCUT2D eigenvalue weighted by Gasteiger charge is -2.13. The van der Waals surface area contributed by atoms with Crippen LogP contribution in [0.5, 0.6) is 0 Å². The van der Waals surface area contributed by atoms with Crippen molar-refractivity contribution in [2.75, 3.05) is 5.75 Å². The summed E-state index contributed by atoms with van der Waals surface area (Å²) in [7, 11) is 0. The summed E-state index contributed by atoms with van der Waals surface area (Å²) < 4.78 is 6.58. The third-order valence-electron chi connectivity index (χ3n) is 4.09. The third kappa shape index (κ3) is 4.45. The number of hydrogen-bond acceptors (Lipinski definition) is 6. The van der Waals surface area contributed by atoms with Crippen LogP contribution in [0.3, 0.4) is 0 Å². The van der Waals surface area contributed by atoms with Crippen molar-refractivity contribution in [2.24, 2.45) is 5.10 Å². The number of amides is 1. The van der Waals surface area contributed by atoms with Gasteiger partial charge < -0.3 is 4.42 Å². The number of rotatable bonds is 6. The van der Waals surface area contributed by atoms with Crippen LogP contribution in [0.15, 0.2) is 86.4 Å². The molecular formula is C21H15ClN4O3S. The van der Waals surface area contributed by atoms with Gasteiger partial charge in [0.2, 0.25) is 0 Å². The van der Waals surface area contributed by atoms with Crippen LogP contribution in [-0.4, -0.2) is 27.4 Å². The number of carbonyl (C=O) groups excluding carboxylic acids is 1. The molecule has 2 aromatic carbocycles. The molecule has 0 fully saturated rings. The van der Waals surface area contributed by atoms with E-state index in [1.165, 1.54) is 17.0 Å². The van der Waals surface area contributed by atoms with Gasteiger partial charge in [0.25, 0.3) is 11.5 Å². The minimum Gasteiger partial charge on any atom is -0.463 e. The van der Waals surface area contributed by atoms with Crippen LogP contribution in [0.1, 0.15) is 5.76 Å². The van der Waals surface area contributed by atoms with Crippen molar-refractivity contribution in [1.29, 1.82) is 0 Å². The third-order valence-corrected chi connectivity index (χ3v) is 5.28. The van der Waals surface area contributed by atoms with E-state index in [2.05, 4.69) is 15.5 Å². The number of aromatic nitrogens is 2. The lowest BCUT2D eigenvalue weighted by molar-refractivity contribution is -0.118. The quantitative estimate of drug-likeness (QED) is 0.213. The predicted molar refractivity (Wildman–Crippen MR) is 118 cm³/mol. The van der Waals surface area contributed by atoms with E-state index in [-0.39, 0.29) is 17.2 Å². The fraction of sp³-hybridized carbons (Fsp3) is 0.0476. The average molecular weight is 439 g/mol. The second-order valence-electron chi connectivity index (χ2n) is 6.13. The molecule has 4 rings (SSSR count). The van der Waals surface area contributed by atoms with E-state index < -0.39 is 0 Å². The molecule has 2 aromatic heterocycles. The summed E-state index contributed by atoms with van der Waals surface area (Å²) in [6.45, 7) is 0. The molecule has 0 bridgehead atoms. The van der Waals surface area contributed by atoms with Crippen LogP contribution in [0.25, 0.3) is 16.6 Å². The number of hydrazone groups is 1. The van der Waals surface area contributed by atoms with Gasteiger partial charge in [0, 0.05) is 5.02 Å². The molecule has 2 heterocycles. The summed E-state index contributed by atoms with van der Waals surface area (Å²) >= 11 is 7.12. The molecule has 0 saturated heterocycles. The van der Waals surface area contributed by atoms with Crippen molar-refractivity contribution in [3.63, 3.8) is 0 Å². The maximum atomic E-state index is 13.1. The summed E-state index contributed by atoms with van der Waals surface area (Å²) in [5, 5.41) is 5.29. The van der Waals surface area contributed by atoms with Crippen LogP contribution >= 0.6 is 23.4 Å². The number of thioether (sulfide) groups is 1. The maximum absolute atomic E-state index is 13.1. The molecule has 0 spiro atoms. The van der Waals surface area contributed by atoms with E-state index in [4.69, 9.17) is 16.0 Å². The average Bonchev–Trinajstić information content (AvgIpc) is 3.27. The molecule has 0 aliphatic carbocycles. The Kier molecular flexibility index (Phi) is 5.97. The van der Waals surface area contributed by atoms with E-state index in [0.29, 0.717) is 32.5 Å². The van der Waals surface area contributed by atoms with Crippen molar-refractivity contribution < 1.29 is 9.21 Å². The molecule has 9 heteroatoms. The number of fused-ring (bicyclic) bond motifs is 1. The highest BCUT2D eigenvalue weighted by Crippen LogP contribution is 2.22. The van der Waals surface area contributed by atoms with E-state index in [1.807, 2.05) is 6.07 Å². The zero-order valence-electron chi connectivity index (χ0n) is 15.5. The molecule has 150 valence electrons. The van der Waals surface area contributed by atoms with Gasteiger partial charge in [0.05, 0.1) is 34.8 Å². The number of hydrogen-bond donors (Lipinski definition) is 1. The van der Waals surface area contributed by atoms with E-state index in [9.17, 15) is 9.59 Å². The fourth-order valence-corrected chi connectivity index (χ4v) is 3.65. The normalized spacial score (nSPS) is 11.2. The minimum atomic E-state index is -0.340. The van der Waals surface area contributed by atoms with Crippen LogP contribution in [0, 0.1) is 0 Å².